The molecule has 1 aromatic carbocycles. The SMILES string of the molecule is Cc1sc2nc(SCc3nnnn3-c3ccccc3)n(C(C)C)c(=O)c2c1C. The van der Waals surface area contributed by atoms with E-state index in [4.69, 9.17) is 4.98 Å². The van der Waals surface area contributed by atoms with Crippen molar-refractivity contribution < 1.29 is 0 Å². The lowest BCUT2D eigenvalue weighted by atomic mass is 10.2. The molecule has 4 aromatic rings. The maximum absolute atomic E-state index is 13.1. The summed E-state index contributed by atoms with van der Waals surface area (Å²) >= 11 is 3.05. The second-order valence-electron chi connectivity index (χ2n) is 6.76. The number of hydrogen-bond donors (Lipinski definition) is 0. The highest BCUT2D eigenvalue weighted by molar-refractivity contribution is 7.98. The van der Waals surface area contributed by atoms with E-state index in [-0.39, 0.29) is 11.6 Å². The van der Waals surface area contributed by atoms with Gasteiger partial charge in [-0.1, -0.05) is 30.0 Å². The average Bonchev–Trinajstić information content (AvgIpc) is 3.25. The highest BCUT2D eigenvalue weighted by Crippen LogP contribution is 2.30. The molecule has 0 radical (unpaired) electrons. The van der Waals surface area contributed by atoms with E-state index in [9.17, 15) is 4.79 Å². The third kappa shape index (κ3) is 3.24. The summed E-state index contributed by atoms with van der Waals surface area (Å²) in [5, 5.41) is 13.5. The zero-order valence-corrected chi connectivity index (χ0v) is 17.7. The third-order valence-electron chi connectivity index (χ3n) is 4.58. The molecule has 3 aromatic heterocycles. The summed E-state index contributed by atoms with van der Waals surface area (Å²) in [4.78, 5) is 19.9. The van der Waals surface area contributed by atoms with Crippen molar-refractivity contribution in [1.82, 2.24) is 29.8 Å². The highest BCUT2D eigenvalue weighted by Gasteiger charge is 2.19. The number of aromatic nitrogens is 6. The van der Waals surface area contributed by atoms with E-state index in [0.717, 1.165) is 26.3 Å². The number of fused-ring (bicyclic) bond motifs is 1. The number of nitrogens with zero attached hydrogens (tertiary/aromatic N) is 6. The van der Waals surface area contributed by atoms with Crippen LogP contribution in [0.25, 0.3) is 15.9 Å². The maximum atomic E-state index is 13.1. The molecule has 0 saturated heterocycles. The molecule has 3 heterocycles. The molecule has 0 unspecified atom stereocenters. The van der Waals surface area contributed by atoms with E-state index in [2.05, 4.69) is 15.5 Å². The molecule has 0 atom stereocenters. The topological polar surface area (TPSA) is 78.5 Å². The first-order valence-electron chi connectivity index (χ1n) is 8.95. The Kier molecular flexibility index (Phi) is 5.03. The van der Waals surface area contributed by atoms with E-state index in [1.807, 2.05) is 58.0 Å². The van der Waals surface area contributed by atoms with Crippen molar-refractivity contribution in [2.45, 2.75) is 44.6 Å². The maximum Gasteiger partial charge on any atom is 0.263 e. The van der Waals surface area contributed by atoms with Gasteiger partial charge in [-0.2, -0.15) is 4.68 Å². The van der Waals surface area contributed by atoms with Gasteiger partial charge in [0.1, 0.15) is 4.83 Å². The van der Waals surface area contributed by atoms with Gasteiger partial charge in [-0.3, -0.25) is 9.36 Å². The van der Waals surface area contributed by atoms with Gasteiger partial charge >= 0.3 is 0 Å². The fourth-order valence-electron chi connectivity index (χ4n) is 3.04. The zero-order valence-electron chi connectivity index (χ0n) is 16.1. The molecule has 0 saturated carbocycles. The molecule has 4 rings (SSSR count). The summed E-state index contributed by atoms with van der Waals surface area (Å²) in [7, 11) is 0. The van der Waals surface area contributed by atoms with Crippen LogP contribution in [-0.2, 0) is 5.75 Å². The normalized spacial score (nSPS) is 11.6. The molecule has 0 N–H and O–H groups in total. The van der Waals surface area contributed by atoms with Crippen LogP contribution in [0.15, 0.2) is 40.3 Å². The van der Waals surface area contributed by atoms with Crippen molar-refractivity contribution in [3.63, 3.8) is 0 Å². The minimum atomic E-state index is 0.0108. The quantitative estimate of drug-likeness (QED) is 0.365. The largest absolute Gasteiger partial charge is 0.284 e. The smallest absolute Gasteiger partial charge is 0.263 e. The number of tetrazole rings is 1. The molecular formula is C19H20N6OS2. The number of rotatable bonds is 5. The monoisotopic (exact) mass is 412 g/mol. The summed E-state index contributed by atoms with van der Waals surface area (Å²) in [5.74, 6) is 1.22. The van der Waals surface area contributed by atoms with Crippen molar-refractivity contribution in [1.29, 1.82) is 0 Å². The van der Waals surface area contributed by atoms with Crippen LogP contribution in [-0.4, -0.2) is 29.8 Å². The van der Waals surface area contributed by atoms with Crippen molar-refractivity contribution >= 4 is 33.3 Å². The number of hydrogen-bond acceptors (Lipinski definition) is 7. The Hall–Kier alpha value is -2.52. The Morgan fingerprint density at radius 3 is 2.64 bits per heavy atom. The minimum absolute atomic E-state index is 0.0108. The van der Waals surface area contributed by atoms with Crippen molar-refractivity contribution in [3.8, 4) is 5.69 Å². The van der Waals surface area contributed by atoms with Gasteiger partial charge in [0.15, 0.2) is 11.0 Å². The summed E-state index contributed by atoms with van der Waals surface area (Å²) in [6.45, 7) is 8.02. The summed E-state index contributed by atoms with van der Waals surface area (Å²) in [5.41, 5.74) is 1.95. The second-order valence-corrected chi connectivity index (χ2v) is 8.90. The predicted octanol–water partition coefficient (Wildman–Crippen LogP) is 3.92. The summed E-state index contributed by atoms with van der Waals surface area (Å²) in [6, 6.07) is 9.76. The molecule has 0 spiro atoms. The van der Waals surface area contributed by atoms with Gasteiger partial charge in [0.25, 0.3) is 5.56 Å². The molecule has 9 heteroatoms. The summed E-state index contributed by atoms with van der Waals surface area (Å²) < 4.78 is 3.48. The van der Waals surface area contributed by atoms with Gasteiger partial charge in [-0.05, 0) is 55.8 Å². The first-order chi connectivity index (χ1) is 13.5. The van der Waals surface area contributed by atoms with Crippen molar-refractivity contribution in [3.05, 3.63) is 57.0 Å². The molecule has 0 aliphatic rings. The van der Waals surface area contributed by atoms with E-state index in [1.54, 1.807) is 20.6 Å². The van der Waals surface area contributed by atoms with E-state index >= 15 is 0 Å². The zero-order chi connectivity index (χ0) is 19.8. The molecule has 0 aliphatic carbocycles. The van der Waals surface area contributed by atoms with E-state index < -0.39 is 0 Å². The van der Waals surface area contributed by atoms with E-state index in [1.165, 1.54) is 11.8 Å². The third-order valence-corrected chi connectivity index (χ3v) is 6.63. The summed E-state index contributed by atoms with van der Waals surface area (Å²) in [6.07, 6.45) is 0. The molecule has 7 nitrogen and oxygen atoms in total. The molecule has 28 heavy (non-hydrogen) atoms. The number of benzene rings is 1. The van der Waals surface area contributed by atoms with Crippen LogP contribution >= 0.6 is 23.1 Å². The Bertz CT molecular complexity index is 1190. The first kappa shape index (κ1) is 18.8. The molecule has 0 amide bonds. The van der Waals surface area contributed by atoms with Crippen LogP contribution < -0.4 is 5.56 Å². The fourth-order valence-corrected chi connectivity index (χ4v) is 5.14. The lowest BCUT2D eigenvalue weighted by molar-refractivity contribution is 0.519. The first-order valence-corrected chi connectivity index (χ1v) is 10.7. The van der Waals surface area contributed by atoms with Crippen LogP contribution in [0.5, 0.6) is 0 Å². The predicted molar refractivity (Wildman–Crippen MR) is 112 cm³/mol. The van der Waals surface area contributed by atoms with Gasteiger partial charge in [-0.15, -0.1) is 16.4 Å². The van der Waals surface area contributed by atoms with Crippen LogP contribution in [0.3, 0.4) is 0 Å². The standard InChI is InChI=1S/C19H20N6OS2/c1-11(2)24-18(26)16-12(3)13(4)28-17(16)20-19(24)27-10-15-21-22-23-25(15)14-8-6-5-7-9-14/h5-9,11H,10H2,1-4H3. The Morgan fingerprint density at radius 1 is 1.18 bits per heavy atom. The minimum Gasteiger partial charge on any atom is -0.284 e. The van der Waals surface area contributed by atoms with Crippen LogP contribution in [0.1, 0.15) is 36.2 Å². The molecule has 144 valence electrons. The van der Waals surface area contributed by atoms with Crippen molar-refractivity contribution in [2.75, 3.05) is 0 Å². The van der Waals surface area contributed by atoms with E-state index in [0.29, 0.717) is 16.7 Å². The van der Waals surface area contributed by atoms with Gasteiger partial charge in [0, 0.05) is 10.9 Å². The lowest BCUT2D eigenvalue weighted by Gasteiger charge is -2.15. The van der Waals surface area contributed by atoms with Gasteiger partial charge < -0.3 is 0 Å². The average molecular weight is 413 g/mol. The van der Waals surface area contributed by atoms with Crippen LogP contribution in [0.4, 0.5) is 0 Å². The van der Waals surface area contributed by atoms with Crippen LogP contribution in [0, 0.1) is 13.8 Å². The van der Waals surface area contributed by atoms with Gasteiger partial charge in [0.2, 0.25) is 0 Å². The number of thiophene rings is 1. The van der Waals surface area contributed by atoms with Crippen LogP contribution in [0.2, 0.25) is 0 Å². The molecule has 0 aliphatic heterocycles. The second kappa shape index (κ2) is 7.48. The van der Waals surface area contributed by atoms with Gasteiger partial charge in [-0.25, -0.2) is 4.98 Å². The number of para-hydroxylation sites is 1. The number of aryl methyl sites for hydroxylation is 2. The Balaban J connectivity index is 1.73. The number of thioether (sulfide) groups is 1. The molecular weight excluding hydrogens is 392 g/mol. The highest BCUT2D eigenvalue weighted by atomic mass is 32.2. The molecule has 0 bridgehead atoms. The van der Waals surface area contributed by atoms with Crippen molar-refractivity contribution in [2.24, 2.45) is 0 Å². The Labute approximate surface area is 170 Å². The Morgan fingerprint density at radius 2 is 1.93 bits per heavy atom. The lowest BCUT2D eigenvalue weighted by Crippen LogP contribution is -2.25. The van der Waals surface area contributed by atoms with Gasteiger partial charge in [0.05, 0.1) is 16.8 Å². The fraction of sp³-hybridized carbons (Fsp3) is 0.316. The molecule has 0 fully saturated rings.